The number of para-hydroxylation sites is 1. The van der Waals surface area contributed by atoms with E-state index in [2.05, 4.69) is 36.9 Å². The molecule has 0 radical (unpaired) electrons. The molecule has 4 amide bonds. The minimum atomic E-state index is -3.59. The average molecular weight is 708 g/mol. The van der Waals surface area contributed by atoms with Crippen molar-refractivity contribution in [3.05, 3.63) is 70.3 Å². The Morgan fingerprint density at radius 3 is 2.20 bits per heavy atom. The summed E-state index contributed by atoms with van der Waals surface area (Å²) in [5.74, 6) is -5.66. The number of H-pyrrole nitrogens is 1. The number of amides is 4. The molecule has 4 atom stereocenters. The van der Waals surface area contributed by atoms with Gasteiger partial charge in [0.25, 0.3) is 0 Å². The van der Waals surface area contributed by atoms with E-state index in [1.165, 1.54) is 0 Å². The van der Waals surface area contributed by atoms with E-state index in [0.29, 0.717) is 10.0 Å². The number of aromatic nitrogens is 1. The van der Waals surface area contributed by atoms with E-state index in [1.807, 2.05) is 24.3 Å². The molecule has 0 aliphatic heterocycles. The van der Waals surface area contributed by atoms with Crippen molar-refractivity contribution in [1.29, 1.82) is 0 Å². The minimum Gasteiger partial charge on any atom is -0.481 e. The van der Waals surface area contributed by atoms with Crippen LogP contribution in [0.5, 0.6) is 0 Å². The van der Waals surface area contributed by atoms with Gasteiger partial charge in [-0.15, -0.1) is 0 Å². The number of benzene rings is 2. The van der Waals surface area contributed by atoms with Crippen molar-refractivity contribution in [2.24, 2.45) is 11.5 Å². The number of hydrogen-bond acceptors (Lipinski definition) is 8. The van der Waals surface area contributed by atoms with Gasteiger partial charge < -0.3 is 37.5 Å². The zero-order chi connectivity index (χ0) is 33.3. The molecular formula is C29H35BrN6O8S. The van der Waals surface area contributed by atoms with Crippen molar-refractivity contribution in [1.82, 2.24) is 20.9 Å². The smallest absolute Gasteiger partial charge is 0.305 e. The maximum absolute atomic E-state index is 13.3. The molecule has 0 saturated carbocycles. The van der Waals surface area contributed by atoms with E-state index in [0.717, 1.165) is 22.7 Å². The Labute approximate surface area is 267 Å². The standard InChI is InChI=1S/C29H35BrN6O8S/c1-45(43,44)10-9-22(34-27(40)20(31)13-17-15-33-21-8-3-2-7-19(17)21)28(41)36-24(14-25(37)38)29(42)35-23(26(32)39)12-16-5-4-6-18(30)11-16/h2-8,11,15,20,22-24,33H,9-10,12-14,31H2,1H3,(H2,32,39)(H,34,40)(H,35,42)(H,36,41)(H,37,38)/t20-,22+,23+,24+/m1/s1. The third-order valence-corrected chi connectivity index (χ3v) is 8.33. The summed E-state index contributed by atoms with van der Waals surface area (Å²) >= 11 is 3.31. The van der Waals surface area contributed by atoms with Crippen LogP contribution in [-0.2, 0) is 46.7 Å². The third-order valence-electron chi connectivity index (χ3n) is 6.86. The number of aliphatic carboxylic acids is 1. The second-order valence-electron chi connectivity index (χ2n) is 10.6. The number of carbonyl (C=O) groups is 5. The number of sulfone groups is 1. The Kier molecular flexibility index (Phi) is 12.2. The highest BCUT2D eigenvalue weighted by atomic mass is 79.9. The van der Waals surface area contributed by atoms with Crippen molar-refractivity contribution in [3.63, 3.8) is 0 Å². The quantitative estimate of drug-likeness (QED) is 0.105. The highest BCUT2D eigenvalue weighted by Gasteiger charge is 2.32. The van der Waals surface area contributed by atoms with Crippen molar-refractivity contribution in [2.45, 2.75) is 49.9 Å². The summed E-state index contributed by atoms with van der Waals surface area (Å²) < 4.78 is 24.5. The lowest BCUT2D eigenvalue weighted by molar-refractivity contribution is -0.141. The molecule has 3 aromatic rings. The Balaban J connectivity index is 1.75. The van der Waals surface area contributed by atoms with Crippen molar-refractivity contribution in [3.8, 4) is 0 Å². The fraction of sp³-hybridized carbons (Fsp3) is 0.345. The van der Waals surface area contributed by atoms with Gasteiger partial charge in [-0.25, -0.2) is 8.42 Å². The van der Waals surface area contributed by atoms with Gasteiger partial charge >= 0.3 is 5.97 Å². The Morgan fingerprint density at radius 2 is 1.56 bits per heavy atom. The van der Waals surface area contributed by atoms with Crippen LogP contribution in [-0.4, -0.2) is 84.3 Å². The second-order valence-corrected chi connectivity index (χ2v) is 13.8. The molecule has 3 rings (SSSR count). The van der Waals surface area contributed by atoms with Crippen molar-refractivity contribution in [2.75, 3.05) is 12.0 Å². The summed E-state index contributed by atoms with van der Waals surface area (Å²) in [6, 6.07) is 8.68. The molecule has 45 heavy (non-hydrogen) atoms. The highest BCUT2D eigenvalue weighted by Crippen LogP contribution is 2.19. The maximum atomic E-state index is 13.3. The van der Waals surface area contributed by atoms with Gasteiger partial charge in [0.05, 0.1) is 18.2 Å². The molecule has 0 aliphatic carbocycles. The normalized spacial score (nSPS) is 14.1. The number of primary amides is 1. The molecule has 0 aliphatic rings. The van der Waals surface area contributed by atoms with Gasteiger partial charge in [-0.2, -0.15) is 0 Å². The zero-order valence-electron chi connectivity index (χ0n) is 24.3. The van der Waals surface area contributed by atoms with Crippen LogP contribution in [0.15, 0.2) is 59.2 Å². The first-order valence-corrected chi connectivity index (χ1v) is 16.6. The largest absolute Gasteiger partial charge is 0.481 e. The van der Waals surface area contributed by atoms with Gasteiger partial charge in [0, 0.05) is 34.2 Å². The number of aromatic amines is 1. The average Bonchev–Trinajstić information content (AvgIpc) is 3.36. The summed E-state index contributed by atoms with van der Waals surface area (Å²) in [6.07, 6.45) is 1.46. The van der Waals surface area contributed by atoms with Crippen LogP contribution in [0, 0.1) is 0 Å². The van der Waals surface area contributed by atoms with E-state index in [9.17, 15) is 37.5 Å². The van der Waals surface area contributed by atoms with Gasteiger partial charge in [0.1, 0.15) is 28.0 Å². The van der Waals surface area contributed by atoms with Gasteiger partial charge in [0.15, 0.2) is 0 Å². The van der Waals surface area contributed by atoms with Gasteiger partial charge in [-0.3, -0.25) is 24.0 Å². The number of carboxylic acids is 1. The first kappa shape index (κ1) is 35.2. The Morgan fingerprint density at radius 1 is 0.911 bits per heavy atom. The molecule has 242 valence electrons. The Hall–Kier alpha value is -4.28. The lowest BCUT2D eigenvalue weighted by Crippen LogP contribution is -2.58. The number of halogens is 1. The molecule has 0 saturated heterocycles. The molecule has 0 unspecified atom stereocenters. The van der Waals surface area contributed by atoms with Gasteiger partial charge in [-0.1, -0.05) is 46.3 Å². The molecule has 0 fully saturated rings. The van der Waals surface area contributed by atoms with Crippen LogP contribution in [0.3, 0.4) is 0 Å². The number of carbonyl (C=O) groups excluding carboxylic acids is 4. The topological polar surface area (TPSA) is 244 Å². The molecule has 0 bridgehead atoms. The summed E-state index contributed by atoms with van der Waals surface area (Å²) in [5, 5.41) is 17.4. The van der Waals surface area contributed by atoms with E-state index in [1.54, 1.807) is 30.5 Å². The number of rotatable bonds is 16. The predicted molar refractivity (Wildman–Crippen MR) is 169 cm³/mol. The Bertz CT molecular complexity index is 1680. The van der Waals surface area contributed by atoms with E-state index >= 15 is 0 Å². The fourth-order valence-electron chi connectivity index (χ4n) is 4.56. The van der Waals surface area contributed by atoms with Crippen molar-refractivity contribution < 1.29 is 37.5 Å². The van der Waals surface area contributed by atoms with Gasteiger partial charge in [0.2, 0.25) is 23.6 Å². The number of nitrogens with two attached hydrogens (primary N) is 2. The number of fused-ring (bicyclic) bond motifs is 1. The molecule has 9 N–H and O–H groups in total. The summed E-state index contributed by atoms with van der Waals surface area (Å²) in [7, 11) is -3.59. The molecule has 14 nitrogen and oxygen atoms in total. The number of hydrogen-bond donors (Lipinski definition) is 7. The first-order chi connectivity index (χ1) is 21.1. The monoisotopic (exact) mass is 706 g/mol. The first-order valence-electron chi connectivity index (χ1n) is 13.8. The third kappa shape index (κ3) is 11.0. The molecule has 0 spiro atoms. The maximum Gasteiger partial charge on any atom is 0.305 e. The molecule has 16 heteroatoms. The summed E-state index contributed by atoms with van der Waals surface area (Å²) in [6.45, 7) is 0. The number of carboxylic acid groups (broad SMARTS) is 1. The molecule has 1 aromatic heterocycles. The molecular weight excluding hydrogens is 672 g/mol. The minimum absolute atomic E-state index is 0.0182. The van der Waals surface area contributed by atoms with Crippen LogP contribution in [0.2, 0.25) is 0 Å². The van der Waals surface area contributed by atoms with Gasteiger partial charge in [-0.05, 0) is 42.2 Å². The fourth-order valence-corrected chi connectivity index (χ4v) is 5.67. The van der Waals surface area contributed by atoms with E-state index < -0.39 is 75.8 Å². The molecule has 1 heterocycles. The van der Waals surface area contributed by atoms with Crippen LogP contribution in [0.1, 0.15) is 24.0 Å². The van der Waals surface area contributed by atoms with Crippen LogP contribution >= 0.6 is 15.9 Å². The lowest BCUT2D eigenvalue weighted by atomic mass is 10.0. The molecule has 2 aromatic carbocycles. The SMILES string of the molecule is CS(=O)(=O)CC[C@H](NC(=O)[C@H](N)Cc1c[nH]c2ccccc12)C(=O)N[C@@H](CC(=O)O)C(=O)N[C@@H](Cc1cccc(Br)c1)C(N)=O. The van der Waals surface area contributed by atoms with E-state index in [4.69, 9.17) is 11.5 Å². The predicted octanol–water partition coefficient (Wildman–Crippen LogP) is -0.108. The lowest BCUT2D eigenvalue weighted by Gasteiger charge is -2.25. The second kappa shape index (κ2) is 15.6. The summed E-state index contributed by atoms with van der Waals surface area (Å²) in [4.78, 5) is 66.3. The zero-order valence-corrected chi connectivity index (χ0v) is 26.7. The van der Waals surface area contributed by atoms with Crippen LogP contribution in [0.4, 0.5) is 0 Å². The summed E-state index contributed by atoms with van der Waals surface area (Å²) in [5.41, 5.74) is 13.8. The van der Waals surface area contributed by atoms with Crippen molar-refractivity contribution >= 4 is 66.3 Å². The van der Waals surface area contributed by atoms with Crippen LogP contribution < -0.4 is 27.4 Å². The number of nitrogens with one attached hydrogen (secondary N) is 4. The van der Waals surface area contributed by atoms with Crippen LogP contribution in [0.25, 0.3) is 10.9 Å². The van der Waals surface area contributed by atoms with E-state index in [-0.39, 0.29) is 19.3 Å². The highest BCUT2D eigenvalue weighted by molar-refractivity contribution is 9.10.